The van der Waals surface area contributed by atoms with Crippen molar-refractivity contribution in [2.45, 2.75) is 174 Å². The Labute approximate surface area is 235 Å². The number of ether oxygens (including phenoxy) is 2. The topological polar surface area (TPSA) is 72.8 Å². The van der Waals surface area contributed by atoms with Crippen LogP contribution in [0.5, 0.6) is 0 Å². The molecular formula is C33H62O5. The Balaban J connectivity index is 3.60. The van der Waals surface area contributed by atoms with E-state index in [4.69, 9.17) is 9.47 Å². The van der Waals surface area contributed by atoms with Crippen molar-refractivity contribution in [1.82, 2.24) is 0 Å². The van der Waals surface area contributed by atoms with Crippen LogP contribution in [0.4, 0.5) is 0 Å². The van der Waals surface area contributed by atoms with Crippen LogP contribution >= 0.6 is 0 Å². The third-order valence-electron chi connectivity index (χ3n) is 7.06. The Morgan fingerprint density at radius 1 is 0.579 bits per heavy atom. The molecule has 0 rings (SSSR count). The van der Waals surface area contributed by atoms with Crippen LogP contribution in [0.2, 0.25) is 0 Å². The fourth-order valence-electron chi connectivity index (χ4n) is 4.55. The summed E-state index contributed by atoms with van der Waals surface area (Å²) in [6.07, 6.45) is 31.2. The molecule has 0 amide bonds. The second-order valence-electron chi connectivity index (χ2n) is 10.9. The standard InChI is InChI=1S/C33H62O5/c1-3-5-7-9-11-13-15-17-19-21-23-25-27-32(35)37-30-31(29-34)38-33(36)28-26-24-22-20-18-16-14-12-10-8-6-4-2/h18,20,31,34H,3-17,19,21-30H2,1-2H3/b20-18+. The highest BCUT2D eigenvalue weighted by Crippen LogP contribution is 2.13. The molecule has 0 aromatic carbocycles. The van der Waals surface area contributed by atoms with Gasteiger partial charge in [0, 0.05) is 12.8 Å². The summed E-state index contributed by atoms with van der Waals surface area (Å²) in [5.74, 6) is -0.614. The van der Waals surface area contributed by atoms with E-state index in [1.807, 2.05) is 0 Å². The lowest BCUT2D eigenvalue weighted by molar-refractivity contribution is -0.161. The van der Waals surface area contributed by atoms with Crippen molar-refractivity contribution in [3.63, 3.8) is 0 Å². The predicted octanol–water partition coefficient (Wildman–Crippen LogP) is 9.39. The van der Waals surface area contributed by atoms with Crippen LogP contribution in [0, 0.1) is 0 Å². The lowest BCUT2D eigenvalue weighted by atomic mass is 10.0. The van der Waals surface area contributed by atoms with Crippen LogP contribution in [-0.2, 0) is 19.1 Å². The van der Waals surface area contributed by atoms with E-state index in [0.717, 1.165) is 44.9 Å². The summed E-state index contributed by atoms with van der Waals surface area (Å²) in [5, 5.41) is 9.47. The zero-order valence-corrected chi connectivity index (χ0v) is 25.2. The molecule has 1 atom stereocenters. The highest BCUT2D eigenvalue weighted by atomic mass is 16.6. The predicted molar refractivity (Wildman–Crippen MR) is 159 cm³/mol. The minimum absolute atomic E-state index is 0.0689. The van der Waals surface area contributed by atoms with Crippen LogP contribution in [0.15, 0.2) is 12.2 Å². The van der Waals surface area contributed by atoms with Crippen molar-refractivity contribution in [3.8, 4) is 0 Å². The maximum atomic E-state index is 12.0. The van der Waals surface area contributed by atoms with Gasteiger partial charge < -0.3 is 14.6 Å². The van der Waals surface area contributed by atoms with Gasteiger partial charge in [-0.1, -0.05) is 129 Å². The van der Waals surface area contributed by atoms with Crippen LogP contribution in [0.3, 0.4) is 0 Å². The molecule has 0 fully saturated rings. The number of aliphatic hydroxyl groups excluding tert-OH is 1. The van der Waals surface area contributed by atoms with Crippen molar-refractivity contribution in [2.75, 3.05) is 13.2 Å². The van der Waals surface area contributed by atoms with Crippen LogP contribution in [0.1, 0.15) is 168 Å². The molecule has 0 heterocycles. The summed E-state index contributed by atoms with van der Waals surface area (Å²) in [6, 6.07) is 0. The summed E-state index contributed by atoms with van der Waals surface area (Å²) < 4.78 is 10.5. The molecular weight excluding hydrogens is 476 g/mol. The van der Waals surface area contributed by atoms with Gasteiger partial charge in [-0.3, -0.25) is 9.59 Å². The number of rotatable bonds is 29. The first kappa shape index (κ1) is 36.6. The molecule has 0 bridgehead atoms. The van der Waals surface area contributed by atoms with Crippen LogP contribution in [-0.4, -0.2) is 36.4 Å². The van der Waals surface area contributed by atoms with Gasteiger partial charge in [0.05, 0.1) is 6.61 Å². The van der Waals surface area contributed by atoms with Crippen molar-refractivity contribution < 1.29 is 24.2 Å². The van der Waals surface area contributed by atoms with E-state index in [9.17, 15) is 14.7 Å². The molecule has 0 aliphatic carbocycles. The quantitative estimate of drug-likeness (QED) is 0.0583. The average Bonchev–Trinajstić information content (AvgIpc) is 2.92. The number of unbranched alkanes of at least 4 members (excludes halogenated alkanes) is 19. The number of carbonyl (C=O) groups excluding carboxylic acids is 2. The fraction of sp³-hybridized carbons (Fsp3) is 0.879. The molecule has 1 N–H and O–H groups in total. The van der Waals surface area contributed by atoms with E-state index in [-0.39, 0.29) is 25.2 Å². The summed E-state index contributed by atoms with van der Waals surface area (Å²) >= 11 is 0. The minimum atomic E-state index is -0.773. The van der Waals surface area contributed by atoms with E-state index in [2.05, 4.69) is 26.0 Å². The highest BCUT2D eigenvalue weighted by molar-refractivity contribution is 5.70. The fourth-order valence-corrected chi connectivity index (χ4v) is 4.55. The summed E-state index contributed by atoms with van der Waals surface area (Å²) in [4.78, 5) is 24.0. The first-order valence-corrected chi connectivity index (χ1v) is 16.2. The molecule has 1 unspecified atom stereocenters. The van der Waals surface area contributed by atoms with E-state index in [0.29, 0.717) is 12.8 Å². The molecule has 0 aliphatic rings. The van der Waals surface area contributed by atoms with E-state index < -0.39 is 6.10 Å². The Kier molecular flexibility index (Phi) is 29.1. The number of aliphatic hydroxyl groups is 1. The van der Waals surface area contributed by atoms with Crippen molar-refractivity contribution in [1.29, 1.82) is 0 Å². The maximum absolute atomic E-state index is 12.0. The smallest absolute Gasteiger partial charge is 0.306 e. The largest absolute Gasteiger partial charge is 0.462 e. The van der Waals surface area contributed by atoms with Gasteiger partial charge in [-0.25, -0.2) is 0 Å². The SMILES string of the molecule is CCCCCCCC/C=C/CCCCC(=O)OC(CO)COC(=O)CCCCCCCCCCCCCC. The molecule has 5 heteroatoms. The Morgan fingerprint density at radius 3 is 1.47 bits per heavy atom. The monoisotopic (exact) mass is 538 g/mol. The third kappa shape index (κ3) is 27.7. The summed E-state index contributed by atoms with van der Waals surface area (Å²) in [6.45, 7) is 4.09. The molecule has 224 valence electrons. The van der Waals surface area contributed by atoms with Gasteiger partial charge in [-0.05, 0) is 38.5 Å². The maximum Gasteiger partial charge on any atom is 0.306 e. The molecule has 0 aliphatic heterocycles. The second kappa shape index (κ2) is 30.2. The van der Waals surface area contributed by atoms with Gasteiger partial charge in [-0.15, -0.1) is 0 Å². The van der Waals surface area contributed by atoms with Crippen molar-refractivity contribution in [3.05, 3.63) is 12.2 Å². The van der Waals surface area contributed by atoms with E-state index >= 15 is 0 Å². The number of hydrogen-bond acceptors (Lipinski definition) is 5. The van der Waals surface area contributed by atoms with Gasteiger partial charge in [0.1, 0.15) is 6.61 Å². The summed E-state index contributed by atoms with van der Waals surface area (Å²) in [5.41, 5.74) is 0. The normalized spacial score (nSPS) is 12.2. The molecule has 0 saturated heterocycles. The Morgan fingerprint density at radius 2 is 0.974 bits per heavy atom. The van der Waals surface area contributed by atoms with E-state index in [1.54, 1.807) is 0 Å². The average molecular weight is 539 g/mol. The molecule has 0 spiro atoms. The molecule has 0 aromatic rings. The van der Waals surface area contributed by atoms with Gasteiger partial charge in [0.15, 0.2) is 6.10 Å². The van der Waals surface area contributed by atoms with Crippen LogP contribution in [0.25, 0.3) is 0 Å². The number of hydrogen-bond donors (Lipinski definition) is 1. The summed E-state index contributed by atoms with van der Waals surface area (Å²) in [7, 11) is 0. The zero-order valence-electron chi connectivity index (χ0n) is 25.2. The molecule has 5 nitrogen and oxygen atoms in total. The second-order valence-corrected chi connectivity index (χ2v) is 10.9. The van der Waals surface area contributed by atoms with E-state index in [1.165, 1.54) is 96.3 Å². The van der Waals surface area contributed by atoms with Crippen molar-refractivity contribution >= 4 is 11.9 Å². The number of esters is 2. The Hall–Kier alpha value is -1.36. The first-order valence-electron chi connectivity index (χ1n) is 16.2. The van der Waals surface area contributed by atoms with Gasteiger partial charge in [-0.2, -0.15) is 0 Å². The Bertz CT molecular complexity index is 546. The molecule has 38 heavy (non-hydrogen) atoms. The first-order chi connectivity index (χ1) is 18.6. The van der Waals surface area contributed by atoms with Gasteiger partial charge >= 0.3 is 11.9 Å². The molecule has 0 aromatic heterocycles. The van der Waals surface area contributed by atoms with Crippen LogP contribution < -0.4 is 0 Å². The number of allylic oxidation sites excluding steroid dienone is 2. The van der Waals surface area contributed by atoms with Gasteiger partial charge in [0.25, 0.3) is 0 Å². The lowest BCUT2D eigenvalue weighted by Gasteiger charge is -2.15. The zero-order chi connectivity index (χ0) is 27.9. The number of carbonyl (C=O) groups is 2. The molecule has 0 radical (unpaired) electrons. The van der Waals surface area contributed by atoms with Crippen molar-refractivity contribution in [2.24, 2.45) is 0 Å². The third-order valence-corrected chi connectivity index (χ3v) is 7.06. The highest BCUT2D eigenvalue weighted by Gasteiger charge is 2.16. The lowest BCUT2D eigenvalue weighted by Crippen LogP contribution is -2.28. The molecule has 0 saturated carbocycles. The van der Waals surface area contributed by atoms with Gasteiger partial charge in [0.2, 0.25) is 0 Å². The minimum Gasteiger partial charge on any atom is -0.462 e.